The summed E-state index contributed by atoms with van der Waals surface area (Å²) >= 11 is 0. The van der Waals surface area contributed by atoms with Crippen molar-refractivity contribution >= 4 is 10.0 Å². The molecular formula is C7H14F3NO3S. The number of aliphatic hydroxyl groups excluding tert-OH is 1. The van der Waals surface area contributed by atoms with Crippen LogP contribution in [0.4, 0.5) is 13.2 Å². The molecule has 0 radical (unpaired) electrons. The van der Waals surface area contributed by atoms with Crippen LogP contribution >= 0.6 is 0 Å². The molecule has 0 heterocycles. The van der Waals surface area contributed by atoms with E-state index in [2.05, 4.69) is 0 Å². The molecule has 0 fully saturated rings. The van der Waals surface area contributed by atoms with E-state index >= 15 is 0 Å². The Morgan fingerprint density at radius 2 is 1.80 bits per heavy atom. The first-order valence-electron chi connectivity index (χ1n) is 4.29. The minimum atomic E-state index is -5.36. The zero-order valence-electron chi connectivity index (χ0n) is 8.37. The molecule has 0 saturated carbocycles. The molecule has 0 amide bonds. The monoisotopic (exact) mass is 249 g/mol. The van der Waals surface area contributed by atoms with Crippen molar-refractivity contribution < 1.29 is 26.7 Å². The van der Waals surface area contributed by atoms with Crippen LogP contribution in [0.3, 0.4) is 0 Å². The topological polar surface area (TPSA) is 66.4 Å². The summed E-state index contributed by atoms with van der Waals surface area (Å²) in [6.07, 6.45) is 0.145. The molecule has 0 spiro atoms. The number of rotatable bonds is 5. The molecule has 1 atom stereocenters. The van der Waals surface area contributed by atoms with Gasteiger partial charge in [0.25, 0.3) is 0 Å². The van der Waals surface area contributed by atoms with Crippen molar-refractivity contribution in [3.05, 3.63) is 0 Å². The summed E-state index contributed by atoms with van der Waals surface area (Å²) in [7, 11) is -5.36. The van der Waals surface area contributed by atoms with Crippen LogP contribution in [-0.4, -0.2) is 31.7 Å². The Morgan fingerprint density at radius 3 is 2.07 bits per heavy atom. The number of nitrogens with one attached hydrogen (secondary N) is 1. The maximum Gasteiger partial charge on any atom is 0.511 e. The average molecular weight is 249 g/mol. The average Bonchev–Trinajstić information content (AvgIpc) is 1.99. The van der Waals surface area contributed by atoms with Crippen molar-refractivity contribution in [3.8, 4) is 0 Å². The molecule has 0 aromatic rings. The van der Waals surface area contributed by atoms with Gasteiger partial charge in [0.05, 0.1) is 6.61 Å². The van der Waals surface area contributed by atoms with E-state index in [4.69, 9.17) is 5.11 Å². The molecule has 15 heavy (non-hydrogen) atoms. The highest BCUT2D eigenvalue weighted by atomic mass is 32.2. The molecule has 0 rings (SSSR count). The lowest BCUT2D eigenvalue weighted by Crippen LogP contribution is -2.44. The van der Waals surface area contributed by atoms with Gasteiger partial charge in [-0.1, -0.05) is 13.8 Å². The van der Waals surface area contributed by atoms with Crippen molar-refractivity contribution in [3.63, 3.8) is 0 Å². The second kappa shape index (κ2) is 5.13. The maximum absolute atomic E-state index is 11.9. The summed E-state index contributed by atoms with van der Waals surface area (Å²) in [5.41, 5.74) is -5.34. The predicted octanol–water partition coefficient (Wildman–Crippen LogP) is 0.833. The molecule has 4 nitrogen and oxygen atoms in total. The fourth-order valence-corrected chi connectivity index (χ4v) is 1.76. The van der Waals surface area contributed by atoms with E-state index in [1.54, 1.807) is 13.8 Å². The van der Waals surface area contributed by atoms with Gasteiger partial charge in [0.2, 0.25) is 0 Å². The van der Waals surface area contributed by atoms with Crippen LogP contribution in [0.2, 0.25) is 0 Å². The summed E-state index contributed by atoms with van der Waals surface area (Å²) in [5, 5.41) is 8.71. The second-order valence-electron chi connectivity index (χ2n) is 3.58. The highest BCUT2D eigenvalue weighted by Gasteiger charge is 2.46. The summed E-state index contributed by atoms with van der Waals surface area (Å²) < 4.78 is 58.5. The summed E-state index contributed by atoms with van der Waals surface area (Å²) in [6, 6.07) is -1.10. The van der Waals surface area contributed by atoms with Crippen LogP contribution in [0, 0.1) is 5.92 Å². The van der Waals surface area contributed by atoms with E-state index in [1.165, 1.54) is 4.72 Å². The first-order valence-corrected chi connectivity index (χ1v) is 5.78. The van der Waals surface area contributed by atoms with Crippen LogP contribution in [0.25, 0.3) is 0 Å². The molecule has 0 aliphatic heterocycles. The van der Waals surface area contributed by atoms with Gasteiger partial charge in [-0.3, -0.25) is 0 Å². The van der Waals surface area contributed by atoms with Crippen LogP contribution in [0.1, 0.15) is 20.3 Å². The maximum atomic E-state index is 11.9. The predicted molar refractivity (Wildman–Crippen MR) is 48.4 cm³/mol. The third-order valence-electron chi connectivity index (χ3n) is 1.60. The van der Waals surface area contributed by atoms with E-state index < -0.39 is 28.2 Å². The van der Waals surface area contributed by atoms with Gasteiger partial charge in [0.15, 0.2) is 0 Å². The minimum Gasteiger partial charge on any atom is -0.395 e. The van der Waals surface area contributed by atoms with Crippen molar-refractivity contribution in [2.24, 2.45) is 5.92 Å². The third kappa shape index (κ3) is 4.80. The minimum absolute atomic E-state index is 0.0157. The van der Waals surface area contributed by atoms with Gasteiger partial charge in [-0.15, -0.1) is 0 Å². The zero-order chi connectivity index (χ0) is 12.3. The third-order valence-corrected chi connectivity index (χ3v) is 2.86. The summed E-state index contributed by atoms with van der Waals surface area (Å²) in [5.74, 6) is -0.0157. The molecule has 0 aromatic carbocycles. The van der Waals surface area contributed by atoms with E-state index in [9.17, 15) is 21.6 Å². The lowest BCUT2D eigenvalue weighted by molar-refractivity contribution is -0.0453. The van der Waals surface area contributed by atoms with E-state index in [-0.39, 0.29) is 12.3 Å². The van der Waals surface area contributed by atoms with Crippen molar-refractivity contribution in [1.29, 1.82) is 0 Å². The van der Waals surface area contributed by atoms with Gasteiger partial charge < -0.3 is 5.11 Å². The molecule has 0 saturated heterocycles. The summed E-state index contributed by atoms with van der Waals surface area (Å²) in [4.78, 5) is 0. The van der Waals surface area contributed by atoms with Crippen LogP contribution < -0.4 is 4.72 Å². The number of alkyl halides is 3. The normalized spacial score (nSPS) is 15.7. The molecule has 0 aliphatic rings. The van der Waals surface area contributed by atoms with Gasteiger partial charge in [0, 0.05) is 6.04 Å². The van der Waals surface area contributed by atoms with Crippen LogP contribution in [0.15, 0.2) is 0 Å². The largest absolute Gasteiger partial charge is 0.511 e. The van der Waals surface area contributed by atoms with Gasteiger partial charge in [-0.05, 0) is 12.3 Å². The Kier molecular flexibility index (Phi) is 5.01. The van der Waals surface area contributed by atoms with Crippen LogP contribution in [-0.2, 0) is 10.0 Å². The standard InChI is InChI=1S/C7H14F3NO3S/c1-5(2)3-6(4-12)11-15(13,14)7(8,9)10/h5-6,11-12H,3-4H2,1-2H3. The first kappa shape index (κ1) is 14.7. The van der Waals surface area contributed by atoms with Gasteiger partial charge in [-0.2, -0.15) is 13.2 Å². The smallest absolute Gasteiger partial charge is 0.395 e. The highest BCUT2D eigenvalue weighted by Crippen LogP contribution is 2.22. The van der Waals surface area contributed by atoms with Crippen molar-refractivity contribution in [2.75, 3.05) is 6.61 Å². The molecule has 8 heteroatoms. The lowest BCUT2D eigenvalue weighted by Gasteiger charge is -2.19. The Balaban J connectivity index is 4.56. The number of hydrogen-bond acceptors (Lipinski definition) is 3. The van der Waals surface area contributed by atoms with Crippen molar-refractivity contribution in [2.45, 2.75) is 31.8 Å². The van der Waals surface area contributed by atoms with Crippen LogP contribution in [0.5, 0.6) is 0 Å². The van der Waals surface area contributed by atoms with Crippen molar-refractivity contribution in [1.82, 2.24) is 4.72 Å². The SMILES string of the molecule is CC(C)CC(CO)NS(=O)(=O)C(F)(F)F. The van der Waals surface area contributed by atoms with Gasteiger partial charge >= 0.3 is 15.5 Å². The molecule has 92 valence electrons. The Hall–Kier alpha value is -0.340. The molecule has 1 unspecified atom stereocenters. The fourth-order valence-electron chi connectivity index (χ4n) is 1.02. The fraction of sp³-hybridized carbons (Fsp3) is 1.00. The summed E-state index contributed by atoms with van der Waals surface area (Å²) in [6.45, 7) is 2.77. The number of halogens is 3. The molecule has 2 N–H and O–H groups in total. The lowest BCUT2D eigenvalue weighted by atomic mass is 10.1. The van der Waals surface area contributed by atoms with E-state index in [1.807, 2.05) is 0 Å². The van der Waals surface area contributed by atoms with Gasteiger partial charge in [-0.25, -0.2) is 13.1 Å². The molecule has 0 bridgehead atoms. The Labute approximate surface area is 86.5 Å². The number of sulfonamides is 1. The number of hydrogen-bond donors (Lipinski definition) is 2. The Bertz CT molecular complexity index is 286. The second-order valence-corrected chi connectivity index (χ2v) is 5.28. The molecule has 0 aliphatic carbocycles. The van der Waals surface area contributed by atoms with E-state index in [0.717, 1.165) is 0 Å². The number of aliphatic hydroxyl groups is 1. The molecular weight excluding hydrogens is 235 g/mol. The van der Waals surface area contributed by atoms with Gasteiger partial charge in [0.1, 0.15) is 0 Å². The highest BCUT2D eigenvalue weighted by molar-refractivity contribution is 7.90. The first-order chi connectivity index (χ1) is 6.60. The Morgan fingerprint density at radius 1 is 1.33 bits per heavy atom. The zero-order valence-corrected chi connectivity index (χ0v) is 9.19. The van der Waals surface area contributed by atoms with E-state index in [0.29, 0.717) is 0 Å². The molecule has 0 aromatic heterocycles. The quantitative estimate of drug-likeness (QED) is 0.758.